The molecule has 9 heteroatoms. The summed E-state index contributed by atoms with van der Waals surface area (Å²) in [6.07, 6.45) is 3.20. The Morgan fingerprint density at radius 2 is 2.07 bits per heavy atom. The van der Waals surface area contributed by atoms with E-state index >= 15 is 0 Å². The van der Waals surface area contributed by atoms with Crippen molar-refractivity contribution in [3.8, 4) is 11.1 Å². The van der Waals surface area contributed by atoms with E-state index in [1.807, 2.05) is 12.1 Å². The number of benzene rings is 1. The first kappa shape index (κ1) is 20.2. The predicted molar refractivity (Wildman–Crippen MR) is 121 cm³/mol. The van der Waals surface area contributed by atoms with Crippen LogP contribution in [-0.2, 0) is 0 Å². The molecule has 7 nitrogen and oxygen atoms in total. The van der Waals surface area contributed by atoms with E-state index in [-0.39, 0.29) is 16.6 Å². The van der Waals surface area contributed by atoms with E-state index < -0.39 is 11.7 Å². The van der Waals surface area contributed by atoms with Crippen molar-refractivity contribution in [2.24, 2.45) is 16.5 Å². The standard InChI is InChI=1S/C21H23FN6OS/c1-26-10-12-3-2-11(8-15(12)22)14-9-16(28-6-4-13(23)5-7-28)27-21-17(14)18(24)19(30-21)20(25)29/h2-3,8-10,13H,4-7,23-24H2,1H3,(H2,25,29). The van der Waals surface area contributed by atoms with Crippen LogP contribution in [0.1, 0.15) is 28.1 Å². The Bertz CT molecular complexity index is 1150. The van der Waals surface area contributed by atoms with Gasteiger partial charge in [0.2, 0.25) is 0 Å². The molecule has 30 heavy (non-hydrogen) atoms. The smallest absolute Gasteiger partial charge is 0.260 e. The van der Waals surface area contributed by atoms with Crippen molar-refractivity contribution < 1.29 is 9.18 Å². The highest BCUT2D eigenvalue weighted by atomic mass is 32.1. The number of amides is 1. The maximum Gasteiger partial charge on any atom is 0.260 e. The number of hydrogen-bond donors (Lipinski definition) is 3. The molecule has 0 bridgehead atoms. The number of aliphatic imine (C=N–C) groups is 1. The molecule has 0 radical (unpaired) electrons. The van der Waals surface area contributed by atoms with Gasteiger partial charge in [0.05, 0.1) is 5.69 Å². The number of nitrogen functional groups attached to an aromatic ring is 1. The highest BCUT2D eigenvalue weighted by Crippen LogP contribution is 2.41. The molecule has 1 saturated heterocycles. The summed E-state index contributed by atoms with van der Waals surface area (Å²) in [5.41, 5.74) is 19.8. The van der Waals surface area contributed by atoms with Crippen LogP contribution in [0.3, 0.4) is 0 Å². The Kier molecular flexibility index (Phi) is 5.40. The lowest BCUT2D eigenvalue weighted by atomic mass is 10.00. The maximum atomic E-state index is 14.6. The van der Waals surface area contributed by atoms with Gasteiger partial charge in [0.15, 0.2) is 0 Å². The van der Waals surface area contributed by atoms with Crippen LogP contribution < -0.4 is 22.1 Å². The Hall–Kier alpha value is -3.04. The normalized spacial score (nSPS) is 15.4. The maximum absolute atomic E-state index is 14.6. The number of fused-ring (bicyclic) bond motifs is 1. The Morgan fingerprint density at radius 1 is 1.33 bits per heavy atom. The van der Waals surface area contributed by atoms with E-state index in [9.17, 15) is 9.18 Å². The lowest BCUT2D eigenvalue weighted by Crippen LogP contribution is -2.40. The molecule has 156 valence electrons. The van der Waals surface area contributed by atoms with Crippen molar-refractivity contribution in [2.45, 2.75) is 18.9 Å². The van der Waals surface area contributed by atoms with Gasteiger partial charge in [0.1, 0.15) is 21.3 Å². The SMILES string of the molecule is CN=Cc1ccc(-c2cc(N3CCC(N)CC3)nc3sc(C(N)=O)c(N)c23)cc1F. The van der Waals surface area contributed by atoms with Crippen LogP contribution in [0.25, 0.3) is 21.3 Å². The second-order valence-corrected chi connectivity index (χ2v) is 8.36. The quantitative estimate of drug-likeness (QED) is 0.554. The van der Waals surface area contributed by atoms with Crippen LogP contribution in [0, 0.1) is 5.82 Å². The summed E-state index contributed by atoms with van der Waals surface area (Å²) in [6.45, 7) is 1.56. The molecule has 0 aliphatic carbocycles. The minimum absolute atomic E-state index is 0.185. The minimum atomic E-state index is -0.604. The number of carbonyl (C=O) groups excluding carboxylic acids is 1. The van der Waals surface area contributed by atoms with Crippen LogP contribution in [-0.4, -0.2) is 43.3 Å². The fourth-order valence-electron chi connectivity index (χ4n) is 3.75. The molecule has 0 saturated carbocycles. The third kappa shape index (κ3) is 3.61. The molecule has 0 atom stereocenters. The van der Waals surface area contributed by atoms with Crippen molar-refractivity contribution in [3.63, 3.8) is 0 Å². The molecule has 3 heterocycles. The summed E-state index contributed by atoms with van der Waals surface area (Å²) >= 11 is 1.16. The van der Waals surface area contributed by atoms with Crippen molar-refractivity contribution in [1.82, 2.24) is 4.98 Å². The van der Waals surface area contributed by atoms with E-state index in [0.717, 1.165) is 43.1 Å². The molecule has 4 rings (SSSR count). The number of nitrogens with two attached hydrogens (primary N) is 3. The van der Waals surface area contributed by atoms with Crippen LogP contribution in [0.4, 0.5) is 15.9 Å². The second-order valence-electron chi connectivity index (χ2n) is 7.37. The molecule has 3 aromatic rings. The van der Waals surface area contributed by atoms with Gasteiger partial charge in [-0.1, -0.05) is 6.07 Å². The monoisotopic (exact) mass is 426 g/mol. The van der Waals surface area contributed by atoms with E-state index in [0.29, 0.717) is 26.9 Å². The zero-order valence-corrected chi connectivity index (χ0v) is 17.4. The summed E-state index contributed by atoms with van der Waals surface area (Å²) in [7, 11) is 1.59. The fraction of sp³-hybridized carbons (Fsp3) is 0.286. The number of pyridine rings is 1. The Morgan fingerprint density at radius 3 is 2.70 bits per heavy atom. The van der Waals surface area contributed by atoms with Gasteiger partial charge in [0.25, 0.3) is 5.91 Å². The van der Waals surface area contributed by atoms with E-state index in [1.165, 1.54) is 12.3 Å². The predicted octanol–water partition coefficient (Wildman–Crippen LogP) is 2.76. The third-order valence-corrected chi connectivity index (χ3v) is 6.47. The molecule has 0 spiro atoms. The first-order chi connectivity index (χ1) is 14.4. The molecule has 1 amide bonds. The third-order valence-electron chi connectivity index (χ3n) is 5.35. The van der Waals surface area contributed by atoms with Gasteiger partial charge >= 0.3 is 0 Å². The lowest BCUT2D eigenvalue weighted by molar-refractivity contribution is 0.100. The van der Waals surface area contributed by atoms with Crippen molar-refractivity contribution in [1.29, 1.82) is 0 Å². The Labute approximate surface area is 177 Å². The molecule has 1 fully saturated rings. The van der Waals surface area contributed by atoms with Gasteiger partial charge in [-0.15, -0.1) is 11.3 Å². The number of rotatable bonds is 4. The number of primary amides is 1. The second kappa shape index (κ2) is 8.00. The fourth-order valence-corrected chi connectivity index (χ4v) is 4.71. The van der Waals surface area contributed by atoms with Crippen molar-refractivity contribution in [2.75, 3.05) is 30.8 Å². The van der Waals surface area contributed by atoms with Crippen molar-refractivity contribution >= 4 is 45.2 Å². The van der Waals surface area contributed by atoms with E-state index in [2.05, 4.69) is 9.89 Å². The van der Waals surface area contributed by atoms with Gasteiger partial charge in [-0.2, -0.15) is 0 Å². The molecule has 6 N–H and O–H groups in total. The largest absolute Gasteiger partial charge is 0.397 e. The summed E-state index contributed by atoms with van der Waals surface area (Å²) < 4.78 is 14.6. The molecule has 1 aliphatic heterocycles. The number of piperidine rings is 1. The number of carbonyl (C=O) groups is 1. The summed E-state index contributed by atoms with van der Waals surface area (Å²) in [5, 5.41) is 0.613. The van der Waals surface area contributed by atoms with Crippen LogP contribution in [0.2, 0.25) is 0 Å². The average Bonchev–Trinajstić information content (AvgIpc) is 3.06. The first-order valence-electron chi connectivity index (χ1n) is 9.64. The summed E-state index contributed by atoms with van der Waals surface area (Å²) in [4.78, 5) is 23.5. The molecular weight excluding hydrogens is 403 g/mol. The first-order valence-corrected chi connectivity index (χ1v) is 10.5. The number of anilines is 2. The number of hydrogen-bond acceptors (Lipinski definition) is 7. The molecule has 1 aromatic carbocycles. The van der Waals surface area contributed by atoms with Crippen LogP contribution >= 0.6 is 11.3 Å². The van der Waals surface area contributed by atoms with E-state index in [4.69, 9.17) is 22.2 Å². The summed E-state index contributed by atoms with van der Waals surface area (Å²) in [6, 6.07) is 7.01. The van der Waals surface area contributed by atoms with Crippen LogP contribution in [0.5, 0.6) is 0 Å². The topological polar surface area (TPSA) is 124 Å². The van der Waals surface area contributed by atoms with Crippen molar-refractivity contribution in [3.05, 3.63) is 40.5 Å². The molecule has 1 aliphatic rings. The van der Waals surface area contributed by atoms with Gasteiger partial charge < -0.3 is 22.1 Å². The van der Waals surface area contributed by atoms with E-state index in [1.54, 1.807) is 13.1 Å². The average molecular weight is 427 g/mol. The van der Waals surface area contributed by atoms with Gasteiger partial charge in [0, 0.05) is 43.3 Å². The minimum Gasteiger partial charge on any atom is -0.397 e. The van der Waals surface area contributed by atoms with Gasteiger partial charge in [-0.3, -0.25) is 9.79 Å². The number of halogens is 1. The Balaban J connectivity index is 1.91. The zero-order chi connectivity index (χ0) is 21.4. The lowest BCUT2D eigenvalue weighted by Gasteiger charge is -2.31. The zero-order valence-electron chi connectivity index (χ0n) is 16.6. The molecular formula is C21H23FN6OS. The molecule has 2 aromatic heterocycles. The summed E-state index contributed by atoms with van der Waals surface area (Å²) in [5.74, 6) is -0.244. The van der Waals surface area contributed by atoms with Gasteiger partial charge in [-0.05, 0) is 42.2 Å². The highest BCUT2D eigenvalue weighted by molar-refractivity contribution is 7.21. The van der Waals surface area contributed by atoms with Crippen LogP contribution in [0.15, 0.2) is 29.3 Å². The number of nitrogens with zero attached hydrogens (tertiary/aromatic N) is 3. The molecule has 0 unspecified atom stereocenters. The highest BCUT2D eigenvalue weighted by Gasteiger charge is 2.23. The number of thiophene rings is 1. The number of aromatic nitrogens is 1. The van der Waals surface area contributed by atoms with Gasteiger partial charge in [-0.25, -0.2) is 9.37 Å².